The van der Waals surface area contributed by atoms with Crippen molar-refractivity contribution < 1.29 is 17.7 Å². The summed E-state index contributed by atoms with van der Waals surface area (Å²) in [6.07, 6.45) is 5.69. The second-order valence-electron chi connectivity index (χ2n) is 8.63. The van der Waals surface area contributed by atoms with Crippen LogP contribution in [0.3, 0.4) is 0 Å². The highest BCUT2D eigenvalue weighted by Gasteiger charge is 2.46. The van der Waals surface area contributed by atoms with Gasteiger partial charge in [0.1, 0.15) is 10.6 Å². The number of aromatic nitrogens is 1. The van der Waals surface area contributed by atoms with Gasteiger partial charge < -0.3 is 9.42 Å². The van der Waals surface area contributed by atoms with E-state index in [0.29, 0.717) is 24.3 Å². The van der Waals surface area contributed by atoms with Crippen LogP contribution in [0.5, 0.6) is 0 Å². The second-order valence-corrected chi connectivity index (χ2v) is 10.5. The highest BCUT2D eigenvalue weighted by molar-refractivity contribution is 7.91. The summed E-state index contributed by atoms with van der Waals surface area (Å²) in [4.78, 5) is 15.4. The van der Waals surface area contributed by atoms with Crippen molar-refractivity contribution in [3.63, 3.8) is 0 Å². The standard InChI is InChI=1S/C21H24N2O4S/c1-13-20(28(25,26)18-5-3-2-4-6-18)19(27-22-13)21(24)23-12-16-8-14-7-15(9-16)11-17(23)10-14/h2-6,14-17H,7-12H2,1H3. The number of nitrogens with zero attached hydrogens (tertiary/aromatic N) is 2. The SMILES string of the molecule is Cc1noc(C(=O)N2CC3CC4CC(C3)CC2C4)c1S(=O)(=O)c1ccccc1. The molecule has 2 atom stereocenters. The maximum Gasteiger partial charge on any atom is 0.294 e. The molecule has 2 aliphatic heterocycles. The zero-order valence-electron chi connectivity index (χ0n) is 15.9. The molecule has 28 heavy (non-hydrogen) atoms. The highest BCUT2D eigenvalue weighted by Crippen LogP contribution is 2.48. The Morgan fingerprint density at radius 3 is 2.36 bits per heavy atom. The van der Waals surface area contributed by atoms with Crippen LogP contribution < -0.4 is 0 Å². The van der Waals surface area contributed by atoms with E-state index in [4.69, 9.17) is 4.52 Å². The van der Waals surface area contributed by atoms with Gasteiger partial charge >= 0.3 is 0 Å². The molecule has 6 rings (SSSR count). The first-order valence-corrected chi connectivity index (χ1v) is 11.5. The minimum Gasteiger partial charge on any atom is -0.349 e. The lowest BCUT2D eigenvalue weighted by molar-refractivity contribution is 0.0586. The van der Waals surface area contributed by atoms with Crippen molar-refractivity contribution >= 4 is 15.7 Å². The molecule has 1 amide bonds. The molecule has 2 saturated heterocycles. The van der Waals surface area contributed by atoms with E-state index < -0.39 is 9.84 Å². The summed E-state index contributed by atoms with van der Waals surface area (Å²) < 4.78 is 31.7. The van der Waals surface area contributed by atoms with Gasteiger partial charge in [-0.3, -0.25) is 4.79 Å². The third-order valence-electron chi connectivity index (χ3n) is 6.69. The molecule has 148 valence electrons. The Bertz CT molecular complexity index is 1000. The number of carbonyl (C=O) groups excluding carboxylic acids is 1. The molecule has 0 spiro atoms. The average molecular weight is 401 g/mol. The van der Waals surface area contributed by atoms with Crippen LogP contribution in [0, 0.1) is 24.7 Å². The average Bonchev–Trinajstić information content (AvgIpc) is 2.97. The van der Waals surface area contributed by atoms with Crippen LogP contribution in [0.2, 0.25) is 0 Å². The molecule has 1 aromatic carbocycles. The van der Waals surface area contributed by atoms with Gasteiger partial charge in [0.25, 0.3) is 5.91 Å². The summed E-state index contributed by atoms with van der Waals surface area (Å²) >= 11 is 0. The minimum absolute atomic E-state index is 0.0901. The summed E-state index contributed by atoms with van der Waals surface area (Å²) in [5.74, 6) is 1.45. The predicted octanol–water partition coefficient (Wildman–Crippen LogP) is 3.47. The fourth-order valence-corrected chi connectivity index (χ4v) is 7.24. The highest BCUT2D eigenvalue weighted by atomic mass is 32.2. The number of aryl methyl sites for hydroxylation is 1. The summed E-state index contributed by atoms with van der Waals surface area (Å²) in [6.45, 7) is 2.27. The zero-order valence-corrected chi connectivity index (χ0v) is 16.7. The Labute approximate surface area is 164 Å². The van der Waals surface area contributed by atoms with E-state index in [1.807, 2.05) is 4.90 Å². The number of fused-ring (bicyclic) bond motifs is 1. The van der Waals surface area contributed by atoms with Crippen LogP contribution in [0.15, 0.2) is 44.6 Å². The molecule has 0 radical (unpaired) electrons. The smallest absolute Gasteiger partial charge is 0.294 e. The van der Waals surface area contributed by atoms with Crippen molar-refractivity contribution in [2.75, 3.05) is 6.54 Å². The lowest BCUT2D eigenvalue weighted by atomic mass is 9.68. The second kappa shape index (κ2) is 6.44. The van der Waals surface area contributed by atoms with Gasteiger partial charge in [-0.15, -0.1) is 0 Å². The number of benzene rings is 1. The molecule has 2 aliphatic carbocycles. The topological polar surface area (TPSA) is 80.5 Å². The van der Waals surface area contributed by atoms with Crippen LogP contribution >= 0.6 is 0 Å². The van der Waals surface area contributed by atoms with Crippen molar-refractivity contribution in [3.8, 4) is 0 Å². The Morgan fingerprint density at radius 2 is 1.68 bits per heavy atom. The van der Waals surface area contributed by atoms with E-state index in [9.17, 15) is 13.2 Å². The van der Waals surface area contributed by atoms with Crippen LogP contribution in [-0.4, -0.2) is 37.0 Å². The molecule has 6 nitrogen and oxygen atoms in total. The van der Waals surface area contributed by atoms with E-state index in [2.05, 4.69) is 5.16 Å². The van der Waals surface area contributed by atoms with Crippen LogP contribution in [0.1, 0.15) is 48.4 Å². The van der Waals surface area contributed by atoms with Crippen LogP contribution in [0.4, 0.5) is 0 Å². The van der Waals surface area contributed by atoms with E-state index in [0.717, 1.165) is 12.8 Å². The number of carbonyl (C=O) groups is 1. The van der Waals surface area contributed by atoms with Gasteiger partial charge in [0.2, 0.25) is 15.6 Å². The maximum absolute atomic E-state index is 13.5. The Kier molecular flexibility index (Phi) is 4.12. The lowest BCUT2D eigenvalue weighted by Crippen LogP contribution is -2.42. The van der Waals surface area contributed by atoms with Crippen LogP contribution in [-0.2, 0) is 9.84 Å². The summed E-state index contributed by atoms with van der Waals surface area (Å²) in [5.41, 5.74) is 0.229. The molecule has 3 heterocycles. The molecular weight excluding hydrogens is 376 g/mol. The first-order chi connectivity index (χ1) is 13.4. The molecule has 1 aromatic heterocycles. The minimum atomic E-state index is -3.88. The van der Waals surface area contributed by atoms with Gasteiger partial charge in [-0.1, -0.05) is 23.4 Å². The summed E-state index contributed by atoms with van der Waals surface area (Å²) in [7, 11) is -3.88. The molecular formula is C21H24N2O4S. The van der Waals surface area contributed by atoms with E-state index in [1.165, 1.54) is 31.4 Å². The van der Waals surface area contributed by atoms with Crippen LogP contribution in [0.25, 0.3) is 0 Å². The third kappa shape index (κ3) is 2.79. The predicted molar refractivity (Wildman–Crippen MR) is 102 cm³/mol. The number of sulfone groups is 1. The Morgan fingerprint density at radius 1 is 1.04 bits per heavy atom. The molecule has 0 N–H and O–H groups in total. The molecule has 7 heteroatoms. The molecule has 4 bridgehead atoms. The maximum atomic E-state index is 13.5. The monoisotopic (exact) mass is 400 g/mol. The molecule has 2 saturated carbocycles. The van der Waals surface area contributed by atoms with E-state index in [-0.39, 0.29) is 33.2 Å². The van der Waals surface area contributed by atoms with E-state index in [1.54, 1.807) is 25.1 Å². The van der Waals surface area contributed by atoms with Gasteiger partial charge in [0.05, 0.1) is 4.90 Å². The first-order valence-electron chi connectivity index (χ1n) is 10.0. The van der Waals surface area contributed by atoms with Crippen molar-refractivity contribution in [1.82, 2.24) is 10.1 Å². The van der Waals surface area contributed by atoms with Crippen molar-refractivity contribution in [3.05, 3.63) is 41.8 Å². The molecule has 4 aliphatic rings. The largest absolute Gasteiger partial charge is 0.349 e. The molecule has 2 unspecified atom stereocenters. The number of hydrogen-bond donors (Lipinski definition) is 0. The van der Waals surface area contributed by atoms with Gasteiger partial charge in [-0.25, -0.2) is 8.42 Å². The van der Waals surface area contributed by atoms with Gasteiger partial charge in [0, 0.05) is 12.6 Å². The lowest BCUT2D eigenvalue weighted by Gasteiger charge is -2.38. The van der Waals surface area contributed by atoms with Crippen molar-refractivity contribution in [2.24, 2.45) is 17.8 Å². The number of rotatable bonds is 3. The van der Waals surface area contributed by atoms with Crippen molar-refractivity contribution in [2.45, 2.75) is 54.9 Å². The fraction of sp³-hybridized carbons (Fsp3) is 0.524. The number of amides is 1. The Balaban J connectivity index is 1.54. The van der Waals surface area contributed by atoms with Crippen molar-refractivity contribution in [1.29, 1.82) is 0 Å². The molecule has 2 aromatic rings. The fourth-order valence-electron chi connectivity index (χ4n) is 5.69. The first kappa shape index (κ1) is 17.9. The van der Waals surface area contributed by atoms with Gasteiger partial charge in [-0.05, 0) is 68.9 Å². The Hall–Kier alpha value is -2.15. The van der Waals surface area contributed by atoms with Gasteiger partial charge in [0.15, 0.2) is 0 Å². The quantitative estimate of drug-likeness (QED) is 0.788. The zero-order chi connectivity index (χ0) is 19.5. The van der Waals surface area contributed by atoms with E-state index >= 15 is 0 Å². The normalized spacial score (nSPS) is 29.1. The third-order valence-corrected chi connectivity index (χ3v) is 8.60. The summed E-state index contributed by atoms with van der Waals surface area (Å²) in [5, 5.41) is 3.86. The molecule has 4 fully saturated rings. The summed E-state index contributed by atoms with van der Waals surface area (Å²) in [6, 6.07) is 8.34. The van der Waals surface area contributed by atoms with Gasteiger partial charge in [-0.2, -0.15) is 0 Å². The number of hydrogen-bond acceptors (Lipinski definition) is 5.